The van der Waals surface area contributed by atoms with Crippen LogP contribution in [0.25, 0.3) is 17.0 Å². The molecule has 1 aliphatic carbocycles. The lowest BCUT2D eigenvalue weighted by Crippen LogP contribution is -2.26. The molecule has 0 radical (unpaired) electrons. The van der Waals surface area contributed by atoms with Crippen molar-refractivity contribution in [2.45, 2.75) is 25.3 Å². The fourth-order valence-electron chi connectivity index (χ4n) is 2.64. The summed E-state index contributed by atoms with van der Waals surface area (Å²) in [6, 6.07) is 10.3. The van der Waals surface area contributed by atoms with E-state index in [9.17, 15) is 0 Å². The predicted octanol–water partition coefficient (Wildman–Crippen LogP) is 3.80. The molecule has 118 valence electrons. The Morgan fingerprint density at radius 3 is 2.57 bits per heavy atom. The minimum atomic E-state index is 0.112. The molecule has 0 unspecified atom stereocenters. The van der Waals surface area contributed by atoms with Crippen molar-refractivity contribution in [2.24, 2.45) is 0 Å². The van der Waals surface area contributed by atoms with Crippen molar-refractivity contribution in [1.82, 2.24) is 20.3 Å². The molecule has 0 aliphatic heterocycles. The molecule has 1 fully saturated rings. The van der Waals surface area contributed by atoms with Crippen LogP contribution in [-0.2, 0) is 5.54 Å². The van der Waals surface area contributed by atoms with Crippen molar-refractivity contribution in [3.8, 4) is 0 Å². The molecule has 4 rings (SSSR count). The van der Waals surface area contributed by atoms with E-state index in [0.29, 0.717) is 0 Å². The normalized spacial score (nSPS) is 14.9. The number of fused-ring (bicyclic) bond motifs is 1. The molecule has 2 N–H and O–H groups in total. The maximum atomic E-state index is 4.21. The number of benzene rings is 1. The third kappa shape index (κ3) is 3.32. The van der Waals surface area contributed by atoms with Gasteiger partial charge in [-0.2, -0.15) is 0 Å². The molecule has 2 heterocycles. The second kappa shape index (κ2) is 6.34. The molecule has 1 aliphatic rings. The Kier molecular flexibility index (Phi) is 4.26. The van der Waals surface area contributed by atoms with Gasteiger partial charge >= 0.3 is 0 Å². The van der Waals surface area contributed by atoms with Gasteiger partial charge < -0.3 is 10.3 Å². The molecule has 0 saturated heterocycles. The van der Waals surface area contributed by atoms with Gasteiger partial charge in [0.05, 0.1) is 5.54 Å². The first kappa shape index (κ1) is 15.4. The molecule has 0 atom stereocenters. The smallest absolute Gasteiger partial charge is 0.148 e. The minimum Gasteiger partial charge on any atom is -0.355 e. The summed E-state index contributed by atoms with van der Waals surface area (Å²) < 4.78 is 0. The van der Waals surface area contributed by atoms with Crippen molar-refractivity contribution in [2.75, 3.05) is 7.05 Å². The van der Waals surface area contributed by atoms with Crippen LogP contribution in [0.4, 0.5) is 0 Å². The molecule has 4 nitrogen and oxygen atoms in total. The molecule has 1 saturated carbocycles. The highest BCUT2D eigenvalue weighted by Gasteiger charge is 2.45. The summed E-state index contributed by atoms with van der Waals surface area (Å²) in [6.07, 6.45) is 7.73. The highest BCUT2D eigenvalue weighted by molar-refractivity contribution is 5.83. The van der Waals surface area contributed by atoms with Crippen molar-refractivity contribution in [3.63, 3.8) is 0 Å². The van der Waals surface area contributed by atoms with Crippen LogP contribution in [0, 0.1) is 6.92 Å². The second-order valence-corrected chi connectivity index (χ2v) is 5.92. The lowest BCUT2D eigenvalue weighted by atomic mass is 10.2. The molecular formula is C19H22N4. The minimum absolute atomic E-state index is 0.112. The van der Waals surface area contributed by atoms with Gasteiger partial charge in [-0.3, -0.25) is 0 Å². The van der Waals surface area contributed by atoms with Gasteiger partial charge in [-0.1, -0.05) is 18.2 Å². The number of hydrogen-bond donors (Lipinski definition) is 2. The molecule has 3 aromatic rings. The zero-order chi connectivity index (χ0) is 16.3. The molecule has 4 heteroatoms. The van der Waals surface area contributed by atoms with Gasteiger partial charge in [0.1, 0.15) is 5.82 Å². The number of aryl methyl sites for hydroxylation is 1. The van der Waals surface area contributed by atoms with Crippen LogP contribution in [0.15, 0.2) is 49.3 Å². The van der Waals surface area contributed by atoms with Gasteiger partial charge in [-0.05, 0) is 57.2 Å². The number of rotatable bonds is 3. The van der Waals surface area contributed by atoms with Gasteiger partial charge in [0.15, 0.2) is 0 Å². The van der Waals surface area contributed by atoms with Crippen LogP contribution in [0.5, 0.6) is 0 Å². The van der Waals surface area contributed by atoms with Crippen LogP contribution in [0.3, 0.4) is 0 Å². The fourth-order valence-corrected chi connectivity index (χ4v) is 2.64. The molecule has 0 amide bonds. The largest absolute Gasteiger partial charge is 0.355 e. The van der Waals surface area contributed by atoms with Crippen molar-refractivity contribution in [3.05, 3.63) is 66.4 Å². The van der Waals surface area contributed by atoms with E-state index in [0.717, 1.165) is 24.4 Å². The van der Waals surface area contributed by atoms with E-state index in [1.807, 2.05) is 19.2 Å². The summed E-state index contributed by atoms with van der Waals surface area (Å²) in [5.74, 6) is 0.933. The van der Waals surface area contributed by atoms with Crippen LogP contribution >= 0.6 is 0 Å². The van der Waals surface area contributed by atoms with Crippen LogP contribution in [0.1, 0.15) is 29.9 Å². The topological polar surface area (TPSA) is 53.6 Å². The van der Waals surface area contributed by atoms with Gasteiger partial charge in [0.2, 0.25) is 0 Å². The summed E-state index contributed by atoms with van der Waals surface area (Å²) in [5, 5.41) is 4.50. The van der Waals surface area contributed by atoms with E-state index in [2.05, 4.69) is 58.0 Å². The maximum Gasteiger partial charge on any atom is 0.148 e. The zero-order valence-electron chi connectivity index (χ0n) is 13.6. The van der Waals surface area contributed by atoms with Gasteiger partial charge in [-0.15, -0.1) is 0 Å². The third-order valence-electron chi connectivity index (χ3n) is 4.24. The quantitative estimate of drug-likeness (QED) is 0.774. The lowest BCUT2D eigenvalue weighted by Gasteiger charge is -2.10. The van der Waals surface area contributed by atoms with E-state index < -0.39 is 0 Å². The SMILES string of the molecule is C=Cc1cc2cc(C)ccc2[nH]1.CNC1(c2ncccn2)CC1. The first-order chi connectivity index (χ1) is 11.2. The Bertz CT molecular complexity index is 801. The molecule has 1 aromatic carbocycles. The van der Waals surface area contributed by atoms with E-state index >= 15 is 0 Å². The third-order valence-corrected chi connectivity index (χ3v) is 4.24. The first-order valence-electron chi connectivity index (χ1n) is 7.85. The maximum absolute atomic E-state index is 4.21. The summed E-state index contributed by atoms with van der Waals surface area (Å²) in [5.41, 5.74) is 3.66. The highest BCUT2D eigenvalue weighted by atomic mass is 15.1. The summed E-state index contributed by atoms with van der Waals surface area (Å²) >= 11 is 0. The van der Waals surface area contributed by atoms with Crippen LogP contribution in [0.2, 0.25) is 0 Å². The van der Waals surface area contributed by atoms with Gasteiger partial charge in [-0.25, -0.2) is 9.97 Å². The zero-order valence-corrected chi connectivity index (χ0v) is 13.6. The van der Waals surface area contributed by atoms with Crippen molar-refractivity contribution >= 4 is 17.0 Å². The number of aromatic amines is 1. The number of nitrogens with zero attached hydrogens (tertiary/aromatic N) is 2. The summed E-state index contributed by atoms with van der Waals surface area (Å²) in [6.45, 7) is 5.81. The molecular weight excluding hydrogens is 284 g/mol. The van der Waals surface area contributed by atoms with E-state index in [1.165, 1.54) is 16.5 Å². The Hall–Kier alpha value is -2.46. The van der Waals surface area contributed by atoms with E-state index in [1.54, 1.807) is 12.4 Å². The molecule has 0 spiro atoms. The average Bonchev–Trinajstić information content (AvgIpc) is 3.29. The number of aromatic nitrogens is 3. The van der Waals surface area contributed by atoms with Gasteiger partial charge in [0, 0.05) is 29.0 Å². The van der Waals surface area contributed by atoms with Crippen LogP contribution < -0.4 is 5.32 Å². The van der Waals surface area contributed by atoms with Crippen molar-refractivity contribution in [1.29, 1.82) is 0 Å². The Labute approximate surface area is 136 Å². The number of nitrogens with one attached hydrogen (secondary N) is 2. The second-order valence-electron chi connectivity index (χ2n) is 5.92. The fraction of sp³-hybridized carbons (Fsp3) is 0.263. The number of H-pyrrole nitrogens is 1. The van der Waals surface area contributed by atoms with E-state index in [-0.39, 0.29) is 5.54 Å². The molecule has 0 bridgehead atoms. The van der Waals surface area contributed by atoms with Crippen LogP contribution in [-0.4, -0.2) is 22.0 Å². The Morgan fingerprint density at radius 2 is 1.96 bits per heavy atom. The molecule has 23 heavy (non-hydrogen) atoms. The summed E-state index contributed by atoms with van der Waals surface area (Å²) in [7, 11) is 1.96. The lowest BCUT2D eigenvalue weighted by molar-refractivity contribution is 0.547. The summed E-state index contributed by atoms with van der Waals surface area (Å²) in [4.78, 5) is 11.7. The van der Waals surface area contributed by atoms with Gasteiger partial charge in [0.25, 0.3) is 0 Å². The monoisotopic (exact) mass is 306 g/mol. The first-order valence-corrected chi connectivity index (χ1v) is 7.85. The van der Waals surface area contributed by atoms with Crippen molar-refractivity contribution < 1.29 is 0 Å². The number of hydrogen-bond acceptors (Lipinski definition) is 3. The highest BCUT2D eigenvalue weighted by Crippen LogP contribution is 2.42. The Balaban J connectivity index is 0.000000136. The standard InChI is InChI=1S/C11H11N.C8H11N3/c1-3-10-7-9-6-8(2)4-5-11(9)12-10;1-9-8(3-4-8)7-10-5-2-6-11-7/h3-7,12H,1H2,2H3;2,5-6,9H,3-4H2,1H3. The Morgan fingerprint density at radius 1 is 1.22 bits per heavy atom. The molecule has 2 aromatic heterocycles. The average molecular weight is 306 g/mol. The predicted molar refractivity (Wildman–Crippen MR) is 95.1 cm³/mol. The van der Waals surface area contributed by atoms with E-state index in [4.69, 9.17) is 0 Å².